The molecule has 6 nitrogen and oxygen atoms in total. The molecule has 0 spiro atoms. The first-order valence-electron chi connectivity index (χ1n) is 5.24. The Morgan fingerprint density at radius 1 is 1.53 bits per heavy atom. The van der Waals surface area contributed by atoms with Crippen LogP contribution >= 0.6 is 0 Å². The molecule has 0 saturated heterocycles. The van der Waals surface area contributed by atoms with E-state index in [0.29, 0.717) is 11.4 Å². The summed E-state index contributed by atoms with van der Waals surface area (Å²) in [6.07, 6.45) is 0.180. The molecular weight excluding hydrogens is 218 g/mol. The summed E-state index contributed by atoms with van der Waals surface area (Å²) in [6, 6.07) is 1.90. The number of carbonyl (C=O) groups excluding carboxylic acids is 1. The van der Waals surface area contributed by atoms with E-state index in [0.717, 1.165) is 11.3 Å². The van der Waals surface area contributed by atoms with E-state index < -0.39 is 5.91 Å². The molecule has 3 N–H and O–H groups in total. The summed E-state index contributed by atoms with van der Waals surface area (Å²) in [5, 5.41) is 19.9. The number of hydrogen-bond acceptors (Lipinski definition) is 5. The molecule has 6 heteroatoms. The third-order valence-corrected chi connectivity index (χ3v) is 2.46. The number of aryl methyl sites for hydroxylation is 1. The molecule has 0 saturated carbocycles. The SMILES string of the molecule is Cc1nnc(NC(C)CC(N)=O)c(C#N)c1C. The number of rotatable bonds is 4. The van der Waals surface area contributed by atoms with Crippen LogP contribution in [0.2, 0.25) is 0 Å². The average Bonchev–Trinajstić information content (AvgIpc) is 2.23. The van der Waals surface area contributed by atoms with Gasteiger partial charge in [-0.25, -0.2) is 0 Å². The second kappa shape index (κ2) is 5.25. The molecule has 1 aromatic rings. The zero-order valence-electron chi connectivity index (χ0n) is 10.1. The fourth-order valence-electron chi connectivity index (χ4n) is 1.43. The lowest BCUT2D eigenvalue weighted by Gasteiger charge is -2.14. The van der Waals surface area contributed by atoms with Gasteiger partial charge in [-0.2, -0.15) is 10.4 Å². The highest BCUT2D eigenvalue weighted by molar-refractivity contribution is 5.75. The van der Waals surface area contributed by atoms with E-state index in [1.807, 2.05) is 6.92 Å². The van der Waals surface area contributed by atoms with Crippen molar-refractivity contribution in [1.82, 2.24) is 10.2 Å². The molecule has 1 heterocycles. The molecule has 0 bridgehead atoms. The Bertz CT molecular complexity index is 477. The monoisotopic (exact) mass is 233 g/mol. The summed E-state index contributed by atoms with van der Waals surface area (Å²) in [5.41, 5.74) is 7.05. The topological polar surface area (TPSA) is 105 Å². The Labute approximate surface area is 99.8 Å². The van der Waals surface area contributed by atoms with Gasteiger partial charge in [-0.15, -0.1) is 5.10 Å². The number of carbonyl (C=O) groups is 1. The van der Waals surface area contributed by atoms with Crippen LogP contribution in [0, 0.1) is 25.2 Å². The van der Waals surface area contributed by atoms with Gasteiger partial charge in [0.2, 0.25) is 5.91 Å². The fraction of sp³-hybridized carbons (Fsp3) is 0.455. The van der Waals surface area contributed by atoms with Gasteiger partial charge in [0.25, 0.3) is 0 Å². The normalized spacial score (nSPS) is 11.6. The van der Waals surface area contributed by atoms with Crippen molar-refractivity contribution in [3.63, 3.8) is 0 Å². The lowest BCUT2D eigenvalue weighted by atomic mass is 10.1. The van der Waals surface area contributed by atoms with E-state index in [4.69, 9.17) is 11.0 Å². The van der Waals surface area contributed by atoms with Crippen molar-refractivity contribution in [2.24, 2.45) is 5.73 Å². The van der Waals surface area contributed by atoms with Crippen LogP contribution in [0.5, 0.6) is 0 Å². The number of nitrogens with one attached hydrogen (secondary N) is 1. The van der Waals surface area contributed by atoms with Crippen LogP contribution in [0.25, 0.3) is 0 Å². The fourth-order valence-corrected chi connectivity index (χ4v) is 1.43. The molecule has 1 rings (SSSR count). The van der Waals surface area contributed by atoms with Gasteiger partial charge in [0, 0.05) is 12.5 Å². The molecule has 0 aliphatic rings. The second-order valence-electron chi connectivity index (χ2n) is 3.96. The first-order chi connectivity index (χ1) is 7.95. The van der Waals surface area contributed by atoms with E-state index in [1.165, 1.54) is 0 Å². The highest BCUT2D eigenvalue weighted by Gasteiger charge is 2.13. The molecule has 0 aliphatic heterocycles. The number of nitriles is 1. The van der Waals surface area contributed by atoms with Gasteiger partial charge in [0.15, 0.2) is 5.82 Å². The van der Waals surface area contributed by atoms with Crippen LogP contribution in [-0.2, 0) is 4.79 Å². The molecule has 1 unspecified atom stereocenters. The zero-order valence-corrected chi connectivity index (χ0v) is 10.1. The van der Waals surface area contributed by atoms with Crippen molar-refractivity contribution >= 4 is 11.7 Å². The van der Waals surface area contributed by atoms with Crippen molar-refractivity contribution in [2.45, 2.75) is 33.2 Å². The summed E-state index contributed by atoms with van der Waals surface area (Å²) in [6.45, 7) is 5.40. The minimum atomic E-state index is -0.402. The molecule has 0 fully saturated rings. The number of aromatic nitrogens is 2. The number of hydrogen-bond donors (Lipinski definition) is 2. The van der Waals surface area contributed by atoms with E-state index in [-0.39, 0.29) is 12.5 Å². The molecule has 1 atom stereocenters. The number of anilines is 1. The van der Waals surface area contributed by atoms with Gasteiger partial charge >= 0.3 is 0 Å². The van der Waals surface area contributed by atoms with Gasteiger partial charge in [-0.3, -0.25) is 4.79 Å². The Kier molecular flexibility index (Phi) is 3.99. The van der Waals surface area contributed by atoms with Crippen LogP contribution in [0.4, 0.5) is 5.82 Å². The molecule has 17 heavy (non-hydrogen) atoms. The number of amides is 1. The Morgan fingerprint density at radius 2 is 2.18 bits per heavy atom. The van der Waals surface area contributed by atoms with Crippen LogP contribution in [-0.4, -0.2) is 22.1 Å². The van der Waals surface area contributed by atoms with Crippen molar-refractivity contribution in [1.29, 1.82) is 5.26 Å². The quantitative estimate of drug-likeness (QED) is 0.794. The maximum absolute atomic E-state index is 10.8. The van der Waals surface area contributed by atoms with Gasteiger partial charge in [-0.1, -0.05) is 0 Å². The van der Waals surface area contributed by atoms with Crippen LogP contribution in [0.1, 0.15) is 30.2 Å². The molecule has 1 aromatic heterocycles. The summed E-state index contributed by atoms with van der Waals surface area (Å²) in [5.74, 6) is -0.00958. The van der Waals surface area contributed by atoms with Gasteiger partial charge in [0.1, 0.15) is 11.6 Å². The van der Waals surface area contributed by atoms with E-state index >= 15 is 0 Å². The molecule has 0 aromatic carbocycles. The number of primary amides is 1. The maximum atomic E-state index is 10.8. The Hall–Kier alpha value is -2.16. The second-order valence-corrected chi connectivity index (χ2v) is 3.96. The largest absolute Gasteiger partial charge is 0.370 e. The van der Waals surface area contributed by atoms with Crippen LogP contribution in [0.15, 0.2) is 0 Å². The van der Waals surface area contributed by atoms with Gasteiger partial charge < -0.3 is 11.1 Å². The summed E-state index contributed by atoms with van der Waals surface area (Å²) < 4.78 is 0. The standard InChI is InChI=1S/C11H15N5O/c1-6(4-10(13)17)14-11-9(5-12)7(2)8(3)15-16-11/h6H,4H2,1-3H3,(H2,13,17)(H,14,16). The Balaban J connectivity index is 2.96. The minimum Gasteiger partial charge on any atom is -0.370 e. The van der Waals surface area contributed by atoms with Crippen molar-refractivity contribution in [3.05, 3.63) is 16.8 Å². The minimum absolute atomic E-state index is 0.180. The highest BCUT2D eigenvalue weighted by atomic mass is 16.1. The summed E-state index contributed by atoms with van der Waals surface area (Å²) in [7, 11) is 0. The molecular formula is C11H15N5O. The van der Waals surface area contributed by atoms with E-state index in [1.54, 1.807) is 13.8 Å². The molecule has 0 aliphatic carbocycles. The summed E-state index contributed by atoms with van der Waals surface area (Å²) in [4.78, 5) is 10.8. The van der Waals surface area contributed by atoms with Gasteiger partial charge in [-0.05, 0) is 26.3 Å². The van der Waals surface area contributed by atoms with Gasteiger partial charge in [0.05, 0.1) is 5.69 Å². The Morgan fingerprint density at radius 3 is 2.71 bits per heavy atom. The summed E-state index contributed by atoms with van der Waals surface area (Å²) >= 11 is 0. The first-order valence-corrected chi connectivity index (χ1v) is 5.24. The van der Waals surface area contributed by atoms with Crippen LogP contribution in [0.3, 0.4) is 0 Å². The number of nitrogens with two attached hydrogens (primary N) is 1. The van der Waals surface area contributed by atoms with Crippen molar-refractivity contribution in [3.8, 4) is 6.07 Å². The molecule has 1 amide bonds. The molecule has 90 valence electrons. The predicted molar refractivity (Wildman–Crippen MR) is 63.1 cm³/mol. The van der Waals surface area contributed by atoms with Crippen molar-refractivity contribution < 1.29 is 4.79 Å². The zero-order chi connectivity index (χ0) is 13.0. The number of nitrogens with zero attached hydrogens (tertiary/aromatic N) is 3. The maximum Gasteiger partial charge on any atom is 0.219 e. The highest BCUT2D eigenvalue weighted by Crippen LogP contribution is 2.18. The van der Waals surface area contributed by atoms with Crippen LogP contribution < -0.4 is 11.1 Å². The van der Waals surface area contributed by atoms with E-state index in [2.05, 4.69) is 21.6 Å². The molecule has 0 radical (unpaired) electrons. The third kappa shape index (κ3) is 3.14. The smallest absolute Gasteiger partial charge is 0.219 e. The predicted octanol–water partition coefficient (Wildman–Crippen LogP) is 0.641. The average molecular weight is 233 g/mol. The lowest BCUT2D eigenvalue weighted by molar-refractivity contribution is -0.118. The van der Waals surface area contributed by atoms with Crippen molar-refractivity contribution in [2.75, 3.05) is 5.32 Å². The van der Waals surface area contributed by atoms with E-state index in [9.17, 15) is 4.79 Å². The lowest BCUT2D eigenvalue weighted by Crippen LogP contribution is -2.25. The third-order valence-electron chi connectivity index (χ3n) is 2.46. The first kappa shape index (κ1) is 12.9.